The second-order valence-electron chi connectivity index (χ2n) is 8.34. The third-order valence-corrected chi connectivity index (χ3v) is 7.68. The molecule has 7 heteroatoms. The monoisotopic (exact) mass is 445 g/mol. The van der Waals surface area contributed by atoms with E-state index in [2.05, 4.69) is 6.92 Å². The van der Waals surface area contributed by atoms with Crippen LogP contribution in [-0.2, 0) is 11.2 Å². The summed E-state index contributed by atoms with van der Waals surface area (Å²) in [5, 5.41) is 3.58. The normalized spacial score (nSPS) is 20.4. The van der Waals surface area contributed by atoms with Crippen molar-refractivity contribution < 1.29 is 9.59 Å². The number of nitrogens with zero attached hydrogens (tertiary/aromatic N) is 3. The molecule has 1 atom stereocenters. The Morgan fingerprint density at radius 2 is 1.90 bits per heavy atom. The standard InChI is InChI=1S/C23H28ClN3O2S/c1-16-6-4-5-11-27(16)23(29)20-15-30-22(25-20)17-9-12-26(13-10-17)21(28)14-18-7-2-3-8-19(18)24/h2-3,7-8,15-17H,4-6,9-14H2,1H3. The molecule has 2 aromatic rings. The Hall–Kier alpha value is -1.92. The van der Waals surface area contributed by atoms with Gasteiger partial charge in [0.05, 0.1) is 11.4 Å². The third-order valence-electron chi connectivity index (χ3n) is 6.30. The van der Waals surface area contributed by atoms with Crippen molar-refractivity contribution in [2.24, 2.45) is 0 Å². The minimum atomic E-state index is 0.0667. The second-order valence-corrected chi connectivity index (χ2v) is 9.63. The molecule has 0 bridgehead atoms. The van der Waals surface area contributed by atoms with Crippen LogP contribution < -0.4 is 0 Å². The van der Waals surface area contributed by atoms with Gasteiger partial charge in [-0.2, -0.15) is 0 Å². The smallest absolute Gasteiger partial charge is 0.273 e. The highest BCUT2D eigenvalue weighted by Gasteiger charge is 2.29. The number of amides is 2. The van der Waals surface area contributed by atoms with Crippen LogP contribution in [0, 0.1) is 0 Å². The highest BCUT2D eigenvalue weighted by Crippen LogP contribution is 2.31. The van der Waals surface area contributed by atoms with Crippen LogP contribution in [0.2, 0.25) is 5.02 Å². The van der Waals surface area contributed by atoms with Crippen molar-refractivity contribution in [3.8, 4) is 0 Å². The number of rotatable bonds is 4. The fraction of sp³-hybridized carbons (Fsp3) is 0.522. The summed E-state index contributed by atoms with van der Waals surface area (Å²) in [7, 11) is 0. The van der Waals surface area contributed by atoms with Crippen molar-refractivity contribution in [3.05, 3.63) is 50.9 Å². The van der Waals surface area contributed by atoms with Gasteiger partial charge in [0.15, 0.2) is 0 Å². The zero-order chi connectivity index (χ0) is 21.1. The van der Waals surface area contributed by atoms with Crippen LogP contribution >= 0.6 is 22.9 Å². The lowest BCUT2D eigenvalue weighted by Crippen LogP contribution is -2.42. The van der Waals surface area contributed by atoms with E-state index in [1.54, 1.807) is 11.3 Å². The maximum Gasteiger partial charge on any atom is 0.273 e. The predicted octanol–water partition coefficient (Wildman–Crippen LogP) is 4.76. The second kappa shape index (κ2) is 9.48. The summed E-state index contributed by atoms with van der Waals surface area (Å²) in [6.45, 7) is 4.40. The molecule has 1 aromatic carbocycles. The highest BCUT2D eigenvalue weighted by molar-refractivity contribution is 7.09. The van der Waals surface area contributed by atoms with Gasteiger partial charge in [-0.05, 0) is 50.7 Å². The molecule has 1 aromatic heterocycles. The van der Waals surface area contributed by atoms with E-state index in [1.165, 1.54) is 6.42 Å². The molecule has 0 saturated carbocycles. The van der Waals surface area contributed by atoms with Gasteiger partial charge >= 0.3 is 0 Å². The van der Waals surface area contributed by atoms with Crippen molar-refractivity contribution in [1.29, 1.82) is 0 Å². The van der Waals surface area contributed by atoms with Crippen LogP contribution in [0.1, 0.15) is 66.0 Å². The molecule has 2 fully saturated rings. The Bertz CT molecular complexity index is 907. The first-order valence-corrected chi connectivity index (χ1v) is 12.1. The Kier molecular flexibility index (Phi) is 6.74. The third kappa shape index (κ3) is 4.70. The number of hydrogen-bond donors (Lipinski definition) is 0. The van der Waals surface area contributed by atoms with Crippen LogP contribution in [-0.4, -0.2) is 52.3 Å². The summed E-state index contributed by atoms with van der Waals surface area (Å²) in [6.07, 6.45) is 5.46. The summed E-state index contributed by atoms with van der Waals surface area (Å²) in [5.41, 5.74) is 1.46. The zero-order valence-corrected chi connectivity index (χ0v) is 18.9. The Balaban J connectivity index is 1.33. The number of likely N-dealkylation sites (tertiary alicyclic amines) is 2. The molecular weight excluding hydrogens is 418 g/mol. The van der Waals surface area contributed by atoms with E-state index in [1.807, 2.05) is 39.4 Å². The quantitative estimate of drug-likeness (QED) is 0.681. The molecule has 2 aliphatic heterocycles. The van der Waals surface area contributed by atoms with E-state index in [0.29, 0.717) is 29.1 Å². The van der Waals surface area contributed by atoms with Crippen LogP contribution in [0.4, 0.5) is 0 Å². The number of halogens is 1. The van der Waals surface area contributed by atoms with E-state index in [-0.39, 0.29) is 11.8 Å². The van der Waals surface area contributed by atoms with Crippen LogP contribution in [0.25, 0.3) is 0 Å². The molecular formula is C23H28ClN3O2S. The van der Waals surface area contributed by atoms with Crippen LogP contribution in [0.15, 0.2) is 29.6 Å². The average molecular weight is 446 g/mol. The summed E-state index contributed by atoms with van der Waals surface area (Å²) in [4.78, 5) is 34.1. The summed E-state index contributed by atoms with van der Waals surface area (Å²) >= 11 is 7.78. The van der Waals surface area contributed by atoms with Gasteiger partial charge in [-0.3, -0.25) is 9.59 Å². The lowest BCUT2D eigenvalue weighted by molar-refractivity contribution is -0.131. The van der Waals surface area contributed by atoms with Crippen molar-refractivity contribution in [3.63, 3.8) is 0 Å². The van der Waals surface area contributed by atoms with Crippen molar-refractivity contribution in [2.45, 2.75) is 57.4 Å². The van der Waals surface area contributed by atoms with Gasteiger partial charge in [-0.1, -0.05) is 29.8 Å². The summed E-state index contributed by atoms with van der Waals surface area (Å²) in [6, 6.07) is 7.81. The minimum Gasteiger partial charge on any atom is -0.342 e. The maximum absolute atomic E-state index is 12.9. The lowest BCUT2D eigenvalue weighted by Gasteiger charge is -2.33. The van der Waals surface area contributed by atoms with Gasteiger partial charge < -0.3 is 9.80 Å². The number of carbonyl (C=O) groups excluding carboxylic acids is 2. The largest absolute Gasteiger partial charge is 0.342 e. The van der Waals surface area contributed by atoms with Gasteiger partial charge in [0.2, 0.25) is 5.91 Å². The first-order valence-electron chi connectivity index (χ1n) is 10.8. The first kappa shape index (κ1) is 21.3. The molecule has 3 heterocycles. The molecule has 1 unspecified atom stereocenters. The molecule has 2 amide bonds. The summed E-state index contributed by atoms with van der Waals surface area (Å²) < 4.78 is 0. The van der Waals surface area contributed by atoms with Gasteiger partial charge in [-0.25, -0.2) is 4.98 Å². The van der Waals surface area contributed by atoms with Gasteiger partial charge in [-0.15, -0.1) is 11.3 Å². The Labute approximate surface area is 187 Å². The van der Waals surface area contributed by atoms with Crippen LogP contribution in [0.5, 0.6) is 0 Å². The fourth-order valence-corrected chi connectivity index (χ4v) is 5.58. The number of thiazole rings is 1. The molecule has 2 saturated heterocycles. The molecule has 0 aliphatic carbocycles. The van der Waals surface area contributed by atoms with Gasteiger partial charge in [0.25, 0.3) is 5.91 Å². The van der Waals surface area contributed by atoms with E-state index < -0.39 is 0 Å². The number of piperidine rings is 2. The molecule has 0 radical (unpaired) electrons. The number of hydrogen-bond acceptors (Lipinski definition) is 4. The molecule has 2 aliphatic rings. The van der Waals surface area contributed by atoms with E-state index in [4.69, 9.17) is 16.6 Å². The topological polar surface area (TPSA) is 53.5 Å². The Morgan fingerprint density at radius 1 is 1.13 bits per heavy atom. The SMILES string of the molecule is CC1CCCCN1C(=O)c1csc(C2CCN(C(=O)Cc3ccccc3Cl)CC2)n1. The van der Waals surface area contributed by atoms with E-state index >= 15 is 0 Å². The predicted molar refractivity (Wildman–Crippen MR) is 120 cm³/mol. The van der Waals surface area contributed by atoms with Crippen LogP contribution in [0.3, 0.4) is 0 Å². The molecule has 4 rings (SSSR count). The minimum absolute atomic E-state index is 0.0667. The molecule has 5 nitrogen and oxygen atoms in total. The van der Waals surface area contributed by atoms with E-state index in [9.17, 15) is 9.59 Å². The average Bonchev–Trinajstić information content (AvgIpc) is 3.26. The van der Waals surface area contributed by atoms with E-state index in [0.717, 1.165) is 55.9 Å². The van der Waals surface area contributed by atoms with Crippen molar-refractivity contribution in [1.82, 2.24) is 14.8 Å². The lowest BCUT2D eigenvalue weighted by atomic mass is 9.97. The first-order chi connectivity index (χ1) is 14.5. The highest BCUT2D eigenvalue weighted by atomic mass is 35.5. The van der Waals surface area contributed by atoms with Crippen molar-refractivity contribution >= 4 is 34.8 Å². The van der Waals surface area contributed by atoms with Gasteiger partial charge in [0, 0.05) is 42.0 Å². The Morgan fingerprint density at radius 3 is 2.63 bits per heavy atom. The van der Waals surface area contributed by atoms with Gasteiger partial charge in [0.1, 0.15) is 5.69 Å². The molecule has 0 spiro atoms. The maximum atomic E-state index is 12.9. The summed E-state index contributed by atoms with van der Waals surface area (Å²) in [5.74, 6) is 0.507. The fourth-order valence-electron chi connectivity index (χ4n) is 4.41. The number of benzene rings is 1. The molecule has 160 valence electrons. The van der Waals surface area contributed by atoms with Crippen molar-refractivity contribution in [2.75, 3.05) is 19.6 Å². The molecule has 0 N–H and O–H groups in total. The number of aromatic nitrogens is 1. The molecule has 30 heavy (non-hydrogen) atoms. The zero-order valence-electron chi connectivity index (χ0n) is 17.3. The number of carbonyl (C=O) groups is 2.